The summed E-state index contributed by atoms with van der Waals surface area (Å²) >= 11 is 0. The smallest absolute Gasteiger partial charge is 0.389 e. The van der Waals surface area contributed by atoms with E-state index >= 15 is 0 Å². The summed E-state index contributed by atoms with van der Waals surface area (Å²) < 4.78 is 47.7. The molecule has 6 nitrogen and oxygen atoms in total. The van der Waals surface area contributed by atoms with Crippen LogP contribution in [0.4, 0.5) is 13.2 Å². The predicted molar refractivity (Wildman–Crippen MR) is 96.3 cm³/mol. The molecule has 1 aromatic rings. The average molecular weight is 415 g/mol. The molecule has 2 aliphatic rings. The van der Waals surface area contributed by atoms with Crippen LogP contribution in [0, 0.1) is 11.8 Å². The summed E-state index contributed by atoms with van der Waals surface area (Å²) in [7, 11) is 1.28. The van der Waals surface area contributed by atoms with Gasteiger partial charge in [-0.05, 0) is 42.9 Å². The topological polar surface area (TPSA) is 76.1 Å². The van der Waals surface area contributed by atoms with Gasteiger partial charge in [0.1, 0.15) is 11.9 Å². The van der Waals surface area contributed by atoms with Crippen LogP contribution in [-0.2, 0) is 9.53 Å². The molecule has 3 rings (SSSR count). The third-order valence-corrected chi connectivity index (χ3v) is 5.60. The van der Waals surface area contributed by atoms with Crippen LogP contribution < -0.4 is 4.74 Å². The first-order valence-electron chi connectivity index (χ1n) is 9.54. The van der Waals surface area contributed by atoms with E-state index in [1.807, 2.05) is 0 Å². The zero-order valence-corrected chi connectivity index (χ0v) is 16.0. The van der Waals surface area contributed by atoms with Crippen molar-refractivity contribution in [2.75, 3.05) is 20.2 Å². The molecule has 0 aromatic heterocycles. The molecule has 1 aliphatic heterocycles. The van der Waals surface area contributed by atoms with Crippen LogP contribution in [-0.4, -0.2) is 60.5 Å². The molecule has 1 aliphatic carbocycles. The largest absolute Gasteiger partial charge is 0.488 e. The van der Waals surface area contributed by atoms with Crippen LogP contribution in [0.3, 0.4) is 0 Å². The molecular weight excluding hydrogens is 391 g/mol. The first-order chi connectivity index (χ1) is 13.7. The van der Waals surface area contributed by atoms with E-state index in [-0.39, 0.29) is 11.8 Å². The molecule has 1 N–H and O–H groups in total. The molecule has 0 bridgehead atoms. The number of amides is 1. The van der Waals surface area contributed by atoms with Gasteiger partial charge in [0, 0.05) is 19.5 Å². The fraction of sp³-hybridized carbons (Fsp3) is 0.600. The monoisotopic (exact) mass is 415 g/mol. The van der Waals surface area contributed by atoms with E-state index in [0.29, 0.717) is 37.2 Å². The van der Waals surface area contributed by atoms with Crippen molar-refractivity contribution in [3.8, 4) is 5.75 Å². The van der Waals surface area contributed by atoms with Gasteiger partial charge < -0.3 is 19.5 Å². The highest BCUT2D eigenvalue weighted by Gasteiger charge is 2.44. The molecule has 0 radical (unpaired) electrons. The van der Waals surface area contributed by atoms with Crippen molar-refractivity contribution in [1.82, 2.24) is 4.90 Å². The maximum absolute atomic E-state index is 12.4. The van der Waals surface area contributed by atoms with Crippen LogP contribution in [0.2, 0.25) is 0 Å². The highest BCUT2D eigenvalue weighted by molar-refractivity contribution is 5.89. The summed E-state index contributed by atoms with van der Waals surface area (Å²) in [6, 6.07) is 6.45. The number of carbonyl (C=O) groups excluding carboxylic acids is 2. The summed E-state index contributed by atoms with van der Waals surface area (Å²) in [5, 5.41) is 10.5. The van der Waals surface area contributed by atoms with Gasteiger partial charge in [-0.3, -0.25) is 4.79 Å². The number of methoxy groups -OCH3 is 1. The van der Waals surface area contributed by atoms with Crippen LogP contribution in [0.1, 0.15) is 36.0 Å². The summed E-state index contributed by atoms with van der Waals surface area (Å²) in [6.07, 6.45) is -6.41. The van der Waals surface area contributed by atoms with Crippen molar-refractivity contribution < 1.29 is 37.3 Å². The zero-order chi connectivity index (χ0) is 21.2. The summed E-state index contributed by atoms with van der Waals surface area (Å²) in [6.45, 7) is 0.735. The van der Waals surface area contributed by atoms with Crippen LogP contribution >= 0.6 is 0 Å². The highest BCUT2D eigenvalue weighted by atomic mass is 19.4. The molecule has 0 spiro atoms. The molecule has 2 fully saturated rings. The fourth-order valence-electron chi connectivity index (χ4n) is 4.12. The van der Waals surface area contributed by atoms with Gasteiger partial charge in [-0.2, -0.15) is 13.2 Å². The van der Waals surface area contributed by atoms with Crippen LogP contribution in [0.15, 0.2) is 24.3 Å². The Morgan fingerprint density at radius 2 is 1.90 bits per heavy atom. The Labute approximate surface area is 166 Å². The molecule has 1 saturated carbocycles. The second kappa shape index (κ2) is 8.61. The number of ether oxygens (including phenoxy) is 2. The van der Waals surface area contributed by atoms with Gasteiger partial charge in [0.05, 0.1) is 25.2 Å². The van der Waals surface area contributed by atoms with E-state index in [4.69, 9.17) is 4.74 Å². The van der Waals surface area contributed by atoms with E-state index in [1.165, 1.54) is 18.1 Å². The maximum Gasteiger partial charge on any atom is 0.389 e. The number of alkyl halides is 3. The number of rotatable bonds is 5. The number of benzene rings is 1. The average Bonchev–Trinajstić information content (AvgIpc) is 3.08. The number of esters is 1. The van der Waals surface area contributed by atoms with Crippen molar-refractivity contribution in [3.05, 3.63) is 29.8 Å². The Balaban J connectivity index is 1.59. The van der Waals surface area contributed by atoms with Gasteiger partial charge in [0.25, 0.3) is 0 Å². The van der Waals surface area contributed by atoms with Gasteiger partial charge in [-0.15, -0.1) is 0 Å². The number of fused-ring (bicyclic) bond motifs is 1. The van der Waals surface area contributed by atoms with Crippen molar-refractivity contribution >= 4 is 11.9 Å². The second-order valence-corrected chi connectivity index (χ2v) is 7.65. The molecule has 1 heterocycles. The number of halogens is 3. The van der Waals surface area contributed by atoms with Gasteiger partial charge in [0.15, 0.2) is 0 Å². The minimum atomic E-state index is -4.35. The molecular formula is C20H24F3NO5. The van der Waals surface area contributed by atoms with Crippen molar-refractivity contribution in [1.29, 1.82) is 0 Å². The summed E-state index contributed by atoms with van der Waals surface area (Å²) in [4.78, 5) is 25.2. The molecule has 29 heavy (non-hydrogen) atoms. The Morgan fingerprint density at radius 1 is 1.21 bits per heavy atom. The number of likely N-dealkylation sites (tertiary alicyclic amines) is 1. The Kier molecular flexibility index (Phi) is 6.36. The summed E-state index contributed by atoms with van der Waals surface area (Å²) in [5.74, 6) is -0.479. The number of aliphatic hydroxyl groups excluding tert-OH is 1. The molecule has 1 aromatic carbocycles. The second-order valence-electron chi connectivity index (χ2n) is 7.65. The lowest BCUT2D eigenvalue weighted by molar-refractivity contribution is -0.148. The van der Waals surface area contributed by atoms with Gasteiger partial charge in [-0.1, -0.05) is 6.07 Å². The molecule has 160 valence electrons. The number of aliphatic hydroxyl groups is 1. The Morgan fingerprint density at radius 3 is 2.55 bits per heavy atom. The molecule has 0 unspecified atom stereocenters. The number of hydrogen-bond donors (Lipinski definition) is 1. The lowest BCUT2D eigenvalue weighted by atomic mass is 9.78. The van der Waals surface area contributed by atoms with E-state index in [9.17, 15) is 27.9 Å². The van der Waals surface area contributed by atoms with Crippen molar-refractivity contribution in [2.45, 2.75) is 44.1 Å². The van der Waals surface area contributed by atoms with E-state index in [0.717, 1.165) is 0 Å². The molecule has 4 atom stereocenters. The number of carbonyl (C=O) groups is 2. The van der Waals surface area contributed by atoms with Crippen LogP contribution in [0.5, 0.6) is 5.75 Å². The SMILES string of the molecule is COC(=O)c1cccc(O[C@@H]2C[C@@H]3CN(C(=O)CCC(F)(F)F)C[C@@H]3C[C@H]2O)c1. The lowest BCUT2D eigenvalue weighted by Gasteiger charge is -2.35. The van der Waals surface area contributed by atoms with E-state index in [2.05, 4.69) is 4.74 Å². The molecule has 1 amide bonds. The third-order valence-electron chi connectivity index (χ3n) is 5.60. The van der Waals surface area contributed by atoms with Crippen molar-refractivity contribution in [2.24, 2.45) is 11.8 Å². The standard InChI is InChI=1S/C20H24F3NO5/c1-28-19(27)12-3-2-4-15(7-12)29-17-9-14-11-24(10-13(14)8-16(17)25)18(26)5-6-20(21,22)23/h2-4,7,13-14,16-17,25H,5-6,8-11H2,1H3/t13-,14+,16+,17+/m0/s1. The first kappa shape index (κ1) is 21.4. The Bertz CT molecular complexity index is 754. The third kappa shape index (κ3) is 5.41. The minimum absolute atomic E-state index is 0.0427. The first-order valence-corrected chi connectivity index (χ1v) is 9.54. The predicted octanol–water partition coefficient (Wildman–Crippen LogP) is 2.79. The summed E-state index contributed by atoms with van der Waals surface area (Å²) in [5.41, 5.74) is 0.329. The van der Waals surface area contributed by atoms with Crippen molar-refractivity contribution in [3.63, 3.8) is 0 Å². The van der Waals surface area contributed by atoms with Gasteiger partial charge in [-0.25, -0.2) is 4.79 Å². The minimum Gasteiger partial charge on any atom is -0.488 e. The number of hydrogen-bond acceptors (Lipinski definition) is 5. The van der Waals surface area contributed by atoms with E-state index in [1.54, 1.807) is 18.2 Å². The van der Waals surface area contributed by atoms with Gasteiger partial charge in [0.2, 0.25) is 5.91 Å². The molecule has 1 saturated heterocycles. The zero-order valence-electron chi connectivity index (χ0n) is 16.0. The number of nitrogens with zero attached hydrogens (tertiary/aromatic N) is 1. The van der Waals surface area contributed by atoms with Crippen LogP contribution in [0.25, 0.3) is 0 Å². The van der Waals surface area contributed by atoms with Gasteiger partial charge >= 0.3 is 12.1 Å². The Hall–Kier alpha value is -2.29. The lowest BCUT2D eigenvalue weighted by Crippen LogP contribution is -2.42. The normalized spacial score (nSPS) is 26.7. The van der Waals surface area contributed by atoms with E-state index < -0.39 is 43.1 Å². The highest BCUT2D eigenvalue weighted by Crippen LogP contribution is 2.38. The fourth-order valence-corrected chi connectivity index (χ4v) is 4.12. The molecule has 9 heteroatoms. The maximum atomic E-state index is 12.4. The quantitative estimate of drug-likeness (QED) is 0.749.